The van der Waals surface area contributed by atoms with Gasteiger partial charge in [-0.2, -0.15) is 10.1 Å². The Hall–Kier alpha value is -4.14. The molecule has 0 amide bonds. The smallest absolute Gasteiger partial charge is 0.460 e. The van der Waals surface area contributed by atoms with Gasteiger partial charge in [-0.05, 0) is 29.5 Å². The molecule has 0 saturated carbocycles. The zero-order valence-electron chi connectivity index (χ0n) is 19.1. The SMILES string of the molecule is CCCOc1cc(=O)n(CCC)c(=O)n1Cc1ccc(-c2ccccc2-c2nc(=O)o[nH]2)cc1. The molecular formula is C25H26N4O5. The number of H-pyrrole nitrogens is 1. The summed E-state index contributed by atoms with van der Waals surface area (Å²) >= 11 is 0. The molecule has 34 heavy (non-hydrogen) atoms. The molecule has 0 aliphatic heterocycles. The summed E-state index contributed by atoms with van der Waals surface area (Å²) in [5, 5.41) is 2.55. The Morgan fingerprint density at radius 3 is 2.32 bits per heavy atom. The number of nitrogens with zero attached hydrogens (tertiary/aromatic N) is 3. The lowest BCUT2D eigenvalue weighted by Crippen LogP contribution is -2.40. The summed E-state index contributed by atoms with van der Waals surface area (Å²) in [5.41, 5.74) is 2.66. The van der Waals surface area contributed by atoms with E-state index in [0.717, 1.165) is 28.7 Å². The number of hydrogen-bond donors (Lipinski definition) is 1. The van der Waals surface area contributed by atoms with Crippen molar-refractivity contribution in [1.82, 2.24) is 19.3 Å². The van der Waals surface area contributed by atoms with Gasteiger partial charge in [0, 0.05) is 12.1 Å². The van der Waals surface area contributed by atoms with E-state index in [1.54, 1.807) is 0 Å². The van der Waals surface area contributed by atoms with Gasteiger partial charge in [-0.1, -0.05) is 62.4 Å². The first kappa shape index (κ1) is 23.0. The molecule has 176 valence electrons. The fourth-order valence-corrected chi connectivity index (χ4v) is 3.75. The quantitative estimate of drug-likeness (QED) is 0.409. The summed E-state index contributed by atoms with van der Waals surface area (Å²) in [7, 11) is 0. The maximum atomic E-state index is 13.1. The van der Waals surface area contributed by atoms with Gasteiger partial charge in [-0.15, -0.1) is 0 Å². The van der Waals surface area contributed by atoms with E-state index in [1.807, 2.05) is 62.4 Å². The van der Waals surface area contributed by atoms with Crippen molar-refractivity contribution in [1.29, 1.82) is 0 Å². The predicted molar refractivity (Wildman–Crippen MR) is 128 cm³/mol. The summed E-state index contributed by atoms with van der Waals surface area (Å²) in [6.45, 7) is 4.91. The molecule has 1 N–H and O–H groups in total. The zero-order chi connectivity index (χ0) is 24.1. The predicted octanol–water partition coefficient (Wildman–Crippen LogP) is 3.27. The first-order valence-corrected chi connectivity index (χ1v) is 11.2. The summed E-state index contributed by atoms with van der Waals surface area (Å²) in [5.74, 6) is -0.0585. The van der Waals surface area contributed by atoms with Gasteiger partial charge in [0.15, 0.2) is 5.82 Å². The van der Waals surface area contributed by atoms with Crippen molar-refractivity contribution in [3.05, 3.63) is 91.5 Å². The topological polar surface area (TPSA) is 112 Å². The Morgan fingerprint density at radius 2 is 1.68 bits per heavy atom. The van der Waals surface area contributed by atoms with Crippen LogP contribution in [0.25, 0.3) is 22.5 Å². The van der Waals surface area contributed by atoms with Crippen LogP contribution in [0.2, 0.25) is 0 Å². The van der Waals surface area contributed by atoms with E-state index in [2.05, 4.69) is 10.1 Å². The van der Waals surface area contributed by atoms with Crippen LogP contribution in [0.15, 0.2) is 73.5 Å². The summed E-state index contributed by atoms with van der Waals surface area (Å²) in [4.78, 5) is 40.7. The van der Waals surface area contributed by atoms with Crippen LogP contribution >= 0.6 is 0 Å². The third-order valence-electron chi connectivity index (χ3n) is 5.37. The lowest BCUT2D eigenvalue weighted by atomic mass is 9.98. The molecule has 2 aromatic carbocycles. The molecule has 0 aliphatic carbocycles. The van der Waals surface area contributed by atoms with Crippen LogP contribution in [0, 0.1) is 0 Å². The third-order valence-corrected chi connectivity index (χ3v) is 5.37. The third kappa shape index (κ3) is 4.78. The second kappa shape index (κ2) is 10.2. The summed E-state index contributed by atoms with van der Waals surface area (Å²) in [6, 6.07) is 16.6. The molecule has 2 aromatic heterocycles. The molecule has 0 unspecified atom stereocenters. The molecule has 4 aromatic rings. The highest BCUT2D eigenvalue weighted by molar-refractivity contribution is 5.80. The Morgan fingerprint density at radius 1 is 0.941 bits per heavy atom. The van der Waals surface area contributed by atoms with E-state index in [0.29, 0.717) is 25.4 Å². The van der Waals surface area contributed by atoms with Gasteiger partial charge in [-0.25, -0.2) is 9.59 Å². The van der Waals surface area contributed by atoms with Crippen LogP contribution in [0.1, 0.15) is 32.3 Å². The highest BCUT2D eigenvalue weighted by atomic mass is 16.5. The Labute approximate surface area is 195 Å². The molecule has 0 fully saturated rings. The molecule has 0 bridgehead atoms. The standard InChI is InChI=1S/C25H26N4O5/c1-3-13-28-21(30)15-22(33-14-4-2)29(25(28)32)16-17-9-11-18(12-10-17)19-7-5-6-8-20(19)23-26-24(31)34-27-23/h5-12,15H,3-4,13-14,16H2,1-2H3,(H,26,27,31). The van der Waals surface area contributed by atoms with Crippen molar-refractivity contribution in [2.45, 2.75) is 39.8 Å². The first-order valence-electron chi connectivity index (χ1n) is 11.2. The van der Waals surface area contributed by atoms with Gasteiger partial charge in [0.2, 0.25) is 5.88 Å². The molecule has 0 aliphatic rings. The van der Waals surface area contributed by atoms with Gasteiger partial charge in [0.25, 0.3) is 5.56 Å². The van der Waals surface area contributed by atoms with Crippen molar-refractivity contribution in [2.75, 3.05) is 6.61 Å². The van der Waals surface area contributed by atoms with Gasteiger partial charge >= 0.3 is 11.4 Å². The Balaban J connectivity index is 1.68. The van der Waals surface area contributed by atoms with Crippen molar-refractivity contribution in [3.63, 3.8) is 0 Å². The lowest BCUT2D eigenvalue weighted by Gasteiger charge is -2.16. The molecule has 0 saturated heterocycles. The van der Waals surface area contributed by atoms with E-state index in [9.17, 15) is 14.4 Å². The normalized spacial score (nSPS) is 11.0. The summed E-state index contributed by atoms with van der Waals surface area (Å²) in [6.07, 6.45) is 1.44. The number of hydrogen-bond acceptors (Lipinski definition) is 6. The van der Waals surface area contributed by atoms with Crippen LogP contribution in [-0.4, -0.2) is 25.9 Å². The number of benzene rings is 2. The molecule has 0 radical (unpaired) electrons. The number of aromatic nitrogens is 4. The fraction of sp³-hybridized carbons (Fsp3) is 0.280. The minimum Gasteiger partial charge on any atom is -0.479 e. The number of aromatic amines is 1. The van der Waals surface area contributed by atoms with Crippen molar-refractivity contribution < 1.29 is 9.26 Å². The maximum absolute atomic E-state index is 13.1. The van der Waals surface area contributed by atoms with E-state index in [-0.39, 0.29) is 23.7 Å². The van der Waals surface area contributed by atoms with Crippen molar-refractivity contribution in [2.24, 2.45) is 0 Å². The average molecular weight is 463 g/mol. The zero-order valence-corrected chi connectivity index (χ0v) is 19.1. The molecular weight excluding hydrogens is 436 g/mol. The van der Waals surface area contributed by atoms with Gasteiger partial charge in [0.05, 0.1) is 19.2 Å². The van der Waals surface area contributed by atoms with E-state index < -0.39 is 5.76 Å². The Kier molecular flexibility index (Phi) is 6.91. The molecule has 9 nitrogen and oxygen atoms in total. The molecule has 2 heterocycles. The van der Waals surface area contributed by atoms with Crippen LogP contribution in [-0.2, 0) is 13.1 Å². The van der Waals surface area contributed by atoms with Crippen molar-refractivity contribution in [3.8, 4) is 28.4 Å². The van der Waals surface area contributed by atoms with E-state index >= 15 is 0 Å². The van der Waals surface area contributed by atoms with Gasteiger partial charge in [-0.3, -0.25) is 13.9 Å². The van der Waals surface area contributed by atoms with Crippen LogP contribution in [0.5, 0.6) is 5.88 Å². The first-order chi connectivity index (χ1) is 16.5. The van der Waals surface area contributed by atoms with E-state index in [1.165, 1.54) is 15.2 Å². The van der Waals surface area contributed by atoms with Crippen LogP contribution in [0.3, 0.4) is 0 Å². The minimum absolute atomic E-state index is 0.264. The fourth-order valence-electron chi connectivity index (χ4n) is 3.75. The van der Waals surface area contributed by atoms with Crippen LogP contribution < -0.4 is 21.7 Å². The number of ether oxygens (including phenoxy) is 1. The van der Waals surface area contributed by atoms with Crippen LogP contribution in [0.4, 0.5) is 0 Å². The molecule has 4 rings (SSSR count). The lowest BCUT2D eigenvalue weighted by molar-refractivity contribution is 0.282. The van der Waals surface area contributed by atoms with E-state index in [4.69, 9.17) is 9.26 Å². The van der Waals surface area contributed by atoms with Gasteiger partial charge in [0.1, 0.15) is 0 Å². The maximum Gasteiger partial charge on any atom is 0.460 e. The molecule has 0 atom stereocenters. The minimum atomic E-state index is -0.684. The van der Waals surface area contributed by atoms with Gasteiger partial charge < -0.3 is 9.26 Å². The Bertz CT molecular complexity index is 1440. The molecule has 9 heteroatoms. The second-order valence-corrected chi connectivity index (χ2v) is 7.86. The monoisotopic (exact) mass is 462 g/mol. The molecule has 0 spiro atoms. The second-order valence-electron chi connectivity index (χ2n) is 7.86. The van der Waals surface area contributed by atoms with Crippen molar-refractivity contribution >= 4 is 0 Å². The highest BCUT2D eigenvalue weighted by Crippen LogP contribution is 2.30. The summed E-state index contributed by atoms with van der Waals surface area (Å²) < 4.78 is 13.2. The average Bonchev–Trinajstić information content (AvgIpc) is 3.29. The number of nitrogens with one attached hydrogen (secondary N) is 1. The number of rotatable bonds is 9. The highest BCUT2D eigenvalue weighted by Gasteiger charge is 2.14. The largest absolute Gasteiger partial charge is 0.479 e.